The number of hydrogen-bond donors (Lipinski definition) is 3. The zero-order valence-corrected chi connectivity index (χ0v) is 11.7. The molecular weight excluding hydrogens is 282 g/mol. The van der Waals surface area contributed by atoms with E-state index in [0.717, 1.165) is 0 Å². The molecule has 2 amide bonds. The Morgan fingerprint density at radius 1 is 1.25 bits per heavy atom. The number of sulfonamides is 1. The lowest BCUT2D eigenvalue weighted by Crippen LogP contribution is -2.52. The van der Waals surface area contributed by atoms with E-state index in [0.29, 0.717) is 5.69 Å². The molecule has 0 bridgehead atoms. The Labute approximate surface area is 116 Å². The van der Waals surface area contributed by atoms with E-state index in [9.17, 15) is 18.0 Å². The number of hydrogen-bond acceptors (Lipinski definition) is 5. The van der Waals surface area contributed by atoms with Crippen molar-refractivity contribution in [1.82, 2.24) is 10.0 Å². The Bertz CT molecular complexity index is 642. The zero-order valence-electron chi connectivity index (χ0n) is 10.8. The molecule has 7 nitrogen and oxygen atoms in total. The van der Waals surface area contributed by atoms with Crippen LogP contribution in [0.15, 0.2) is 29.2 Å². The molecule has 0 radical (unpaired) electrons. The highest BCUT2D eigenvalue weighted by atomic mass is 32.2. The fourth-order valence-corrected chi connectivity index (χ4v) is 3.41. The van der Waals surface area contributed by atoms with Gasteiger partial charge in [0, 0.05) is 13.5 Å². The molecule has 1 atom stereocenters. The van der Waals surface area contributed by atoms with Crippen LogP contribution in [0.4, 0.5) is 5.69 Å². The molecule has 1 unspecified atom stereocenters. The van der Waals surface area contributed by atoms with Crippen molar-refractivity contribution in [2.45, 2.75) is 23.8 Å². The summed E-state index contributed by atoms with van der Waals surface area (Å²) in [4.78, 5) is 22.7. The van der Waals surface area contributed by atoms with Gasteiger partial charge in [0.2, 0.25) is 21.8 Å². The van der Waals surface area contributed by atoms with Crippen LogP contribution in [0.1, 0.15) is 12.8 Å². The van der Waals surface area contributed by atoms with Gasteiger partial charge in [-0.25, -0.2) is 8.42 Å². The standard InChI is InChI=1S/C12H15N3O4S/c1-13-8-4-2-3-5-10(8)20(18,19)15-9-6-7-11(16)14-12(9)17/h2-5,9,13,15H,6-7H2,1H3,(H,14,16,17). The highest BCUT2D eigenvalue weighted by Crippen LogP contribution is 2.21. The van der Waals surface area contributed by atoms with Crippen molar-refractivity contribution in [2.75, 3.05) is 12.4 Å². The lowest BCUT2D eigenvalue weighted by atomic mass is 10.1. The second kappa shape index (κ2) is 5.59. The van der Waals surface area contributed by atoms with E-state index in [1.807, 2.05) is 0 Å². The molecule has 0 aliphatic carbocycles. The van der Waals surface area contributed by atoms with E-state index in [1.165, 1.54) is 6.07 Å². The van der Waals surface area contributed by atoms with Gasteiger partial charge in [0.05, 0.1) is 5.69 Å². The van der Waals surface area contributed by atoms with Crippen LogP contribution in [0.25, 0.3) is 0 Å². The zero-order chi connectivity index (χ0) is 14.8. The van der Waals surface area contributed by atoms with Crippen LogP contribution in [-0.4, -0.2) is 33.3 Å². The Morgan fingerprint density at radius 2 is 1.95 bits per heavy atom. The van der Waals surface area contributed by atoms with Crippen molar-refractivity contribution in [3.8, 4) is 0 Å². The second-order valence-electron chi connectivity index (χ2n) is 4.37. The van der Waals surface area contributed by atoms with Crippen molar-refractivity contribution >= 4 is 27.5 Å². The molecule has 0 saturated carbocycles. The number of rotatable bonds is 4. The molecular formula is C12H15N3O4S. The monoisotopic (exact) mass is 297 g/mol. The molecule has 2 rings (SSSR count). The number of nitrogens with one attached hydrogen (secondary N) is 3. The maximum atomic E-state index is 12.3. The highest BCUT2D eigenvalue weighted by Gasteiger charge is 2.31. The normalized spacial score (nSPS) is 19.6. The first kappa shape index (κ1) is 14.5. The molecule has 1 fully saturated rings. The average Bonchev–Trinajstić information content (AvgIpc) is 2.42. The van der Waals surface area contributed by atoms with Crippen molar-refractivity contribution in [3.05, 3.63) is 24.3 Å². The number of imide groups is 1. The van der Waals surface area contributed by atoms with E-state index in [-0.39, 0.29) is 23.6 Å². The first-order valence-electron chi connectivity index (χ1n) is 6.07. The van der Waals surface area contributed by atoms with Crippen molar-refractivity contribution in [1.29, 1.82) is 0 Å². The largest absolute Gasteiger partial charge is 0.387 e. The number of piperidine rings is 1. The maximum Gasteiger partial charge on any atom is 0.244 e. The van der Waals surface area contributed by atoms with Crippen LogP contribution in [0.2, 0.25) is 0 Å². The first-order chi connectivity index (χ1) is 9.44. The summed E-state index contributed by atoms with van der Waals surface area (Å²) in [6.07, 6.45) is 0.276. The summed E-state index contributed by atoms with van der Waals surface area (Å²) in [7, 11) is -2.23. The van der Waals surface area contributed by atoms with Gasteiger partial charge >= 0.3 is 0 Å². The first-order valence-corrected chi connectivity index (χ1v) is 7.55. The molecule has 0 spiro atoms. The van der Waals surface area contributed by atoms with Gasteiger partial charge in [-0.05, 0) is 18.6 Å². The van der Waals surface area contributed by atoms with Gasteiger partial charge in [-0.15, -0.1) is 0 Å². The number of carbonyl (C=O) groups excluding carboxylic acids is 2. The fraction of sp³-hybridized carbons (Fsp3) is 0.333. The number of amides is 2. The quantitative estimate of drug-likeness (QED) is 0.668. The second-order valence-corrected chi connectivity index (χ2v) is 6.05. The van der Waals surface area contributed by atoms with Gasteiger partial charge in [0.1, 0.15) is 10.9 Å². The SMILES string of the molecule is CNc1ccccc1S(=O)(=O)NC1CCC(=O)NC1=O. The minimum absolute atomic E-state index is 0.0622. The van der Waals surface area contributed by atoms with Gasteiger partial charge in [-0.3, -0.25) is 14.9 Å². The van der Waals surface area contributed by atoms with E-state index >= 15 is 0 Å². The van der Waals surface area contributed by atoms with Crippen LogP contribution in [0, 0.1) is 0 Å². The van der Waals surface area contributed by atoms with E-state index < -0.39 is 22.0 Å². The molecule has 1 aromatic rings. The van der Waals surface area contributed by atoms with Crippen LogP contribution < -0.4 is 15.4 Å². The van der Waals surface area contributed by atoms with E-state index in [4.69, 9.17) is 0 Å². The molecule has 20 heavy (non-hydrogen) atoms. The third-order valence-corrected chi connectivity index (χ3v) is 4.51. The molecule has 3 N–H and O–H groups in total. The summed E-state index contributed by atoms with van der Waals surface area (Å²) in [5, 5.41) is 4.89. The topological polar surface area (TPSA) is 104 Å². The van der Waals surface area contributed by atoms with E-state index in [1.54, 1.807) is 25.2 Å². The smallest absolute Gasteiger partial charge is 0.244 e. The molecule has 1 aromatic carbocycles. The van der Waals surface area contributed by atoms with Crippen LogP contribution >= 0.6 is 0 Å². The highest BCUT2D eigenvalue weighted by molar-refractivity contribution is 7.89. The summed E-state index contributed by atoms with van der Waals surface area (Å²) in [5.41, 5.74) is 0.437. The molecule has 0 aromatic heterocycles. The van der Waals surface area contributed by atoms with Gasteiger partial charge in [-0.2, -0.15) is 4.72 Å². The van der Waals surface area contributed by atoms with Crippen molar-refractivity contribution in [3.63, 3.8) is 0 Å². The lowest BCUT2D eigenvalue weighted by Gasteiger charge is -2.22. The third kappa shape index (κ3) is 2.97. The predicted octanol–water partition coefficient (Wildman–Crippen LogP) is -0.188. The third-order valence-electron chi connectivity index (χ3n) is 2.98. The molecule has 1 heterocycles. The summed E-state index contributed by atoms with van der Waals surface area (Å²) in [5.74, 6) is -1.01. The van der Waals surface area contributed by atoms with Crippen molar-refractivity contribution in [2.24, 2.45) is 0 Å². The summed E-state index contributed by atoms with van der Waals surface area (Å²) >= 11 is 0. The maximum absolute atomic E-state index is 12.3. The average molecular weight is 297 g/mol. The van der Waals surface area contributed by atoms with Crippen molar-refractivity contribution < 1.29 is 18.0 Å². The number of para-hydroxylation sites is 1. The van der Waals surface area contributed by atoms with Crippen LogP contribution in [0.3, 0.4) is 0 Å². The fourth-order valence-electron chi connectivity index (χ4n) is 1.96. The summed E-state index contributed by atoms with van der Waals surface area (Å²) < 4.78 is 26.9. The molecule has 1 saturated heterocycles. The van der Waals surface area contributed by atoms with Crippen LogP contribution in [0.5, 0.6) is 0 Å². The van der Waals surface area contributed by atoms with Gasteiger partial charge < -0.3 is 5.32 Å². The van der Waals surface area contributed by atoms with Crippen LogP contribution in [-0.2, 0) is 19.6 Å². The number of carbonyl (C=O) groups is 2. The lowest BCUT2D eigenvalue weighted by molar-refractivity contribution is -0.134. The Balaban J connectivity index is 2.23. The minimum Gasteiger partial charge on any atom is -0.387 e. The van der Waals surface area contributed by atoms with Gasteiger partial charge in [-0.1, -0.05) is 12.1 Å². The Hall–Kier alpha value is -1.93. The molecule has 1 aliphatic rings. The molecule has 1 aliphatic heterocycles. The number of benzene rings is 1. The van der Waals surface area contributed by atoms with Gasteiger partial charge in [0.25, 0.3) is 0 Å². The predicted molar refractivity (Wildman–Crippen MR) is 72.5 cm³/mol. The Kier molecular flexibility index (Phi) is 4.05. The minimum atomic E-state index is -3.84. The van der Waals surface area contributed by atoms with Gasteiger partial charge in [0.15, 0.2) is 0 Å². The Morgan fingerprint density at radius 3 is 2.60 bits per heavy atom. The number of anilines is 1. The summed E-state index contributed by atoms with van der Waals surface area (Å²) in [6.45, 7) is 0. The van der Waals surface area contributed by atoms with E-state index in [2.05, 4.69) is 15.4 Å². The summed E-state index contributed by atoms with van der Waals surface area (Å²) in [6, 6.07) is 5.44. The molecule has 8 heteroatoms. The molecule has 108 valence electrons.